The average molecular weight is 219 g/mol. The summed E-state index contributed by atoms with van der Waals surface area (Å²) in [6.07, 6.45) is 5.13. The standard InChI is InChI=1S/C9H9N5S/c1-7-12-13-9(15)14(7)11-6-8-2-4-10-5-3-8/h2-6H,1H3,(H,13,15)/b11-6-. The van der Waals surface area contributed by atoms with Crippen LogP contribution in [0.4, 0.5) is 0 Å². The quantitative estimate of drug-likeness (QED) is 0.615. The van der Waals surface area contributed by atoms with Crippen molar-refractivity contribution >= 4 is 18.4 Å². The fourth-order valence-corrected chi connectivity index (χ4v) is 1.31. The van der Waals surface area contributed by atoms with E-state index in [0.29, 0.717) is 4.77 Å². The minimum atomic E-state index is 0.484. The van der Waals surface area contributed by atoms with Crippen LogP contribution in [0, 0.1) is 11.7 Å². The molecule has 15 heavy (non-hydrogen) atoms. The van der Waals surface area contributed by atoms with Gasteiger partial charge in [0.05, 0.1) is 6.21 Å². The average Bonchev–Trinajstić information content (AvgIpc) is 2.58. The van der Waals surface area contributed by atoms with E-state index in [1.54, 1.807) is 23.3 Å². The molecule has 0 aromatic carbocycles. The first kappa shape index (κ1) is 9.72. The Morgan fingerprint density at radius 1 is 1.47 bits per heavy atom. The summed E-state index contributed by atoms with van der Waals surface area (Å²) < 4.78 is 2.05. The number of aromatic nitrogens is 4. The number of aryl methyl sites for hydroxylation is 1. The van der Waals surface area contributed by atoms with E-state index in [2.05, 4.69) is 20.3 Å². The van der Waals surface area contributed by atoms with Crippen LogP contribution in [-0.4, -0.2) is 26.1 Å². The zero-order valence-corrected chi connectivity index (χ0v) is 8.90. The minimum absolute atomic E-state index is 0.484. The first-order valence-electron chi connectivity index (χ1n) is 4.36. The molecule has 0 spiro atoms. The Morgan fingerprint density at radius 2 is 2.20 bits per heavy atom. The van der Waals surface area contributed by atoms with Crippen molar-refractivity contribution < 1.29 is 0 Å². The van der Waals surface area contributed by atoms with Gasteiger partial charge in [-0.3, -0.25) is 10.1 Å². The zero-order chi connectivity index (χ0) is 10.7. The monoisotopic (exact) mass is 219 g/mol. The van der Waals surface area contributed by atoms with Crippen molar-refractivity contribution in [3.8, 4) is 0 Å². The van der Waals surface area contributed by atoms with E-state index >= 15 is 0 Å². The number of nitrogens with zero attached hydrogens (tertiary/aromatic N) is 4. The van der Waals surface area contributed by atoms with Crippen LogP contribution in [0.25, 0.3) is 0 Å². The predicted octanol–water partition coefficient (Wildman–Crippen LogP) is 1.53. The molecule has 2 heterocycles. The van der Waals surface area contributed by atoms with Crippen LogP contribution in [0.2, 0.25) is 0 Å². The Morgan fingerprint density at radius 3 is 2.80 bits per heavy atom. The van der Waals surface area contributed by atoms with Crippen LogP contribution in [-0.2, 0) is 0 Å². The van der Waals surface area contributed by atoms with Gasteiger partial charge in [-0.1, -0.05) is 0 Å². The van der Waals surface area contributed by atoms with Gasteiger partial charge in [0.25, 0.3) is 0 Å². The van der Waals surface area contributed by atoms with Crippen molar-refractivity contribution in [1.29, 1.82) is 0 Å². The molecule has 0 saturated heterocycles. The number of H-pyrrole nitrogens is 1. The third-order valence-corrected chi connectivity index (χ3v) is 2.10. The highest BCUT2D eigenvalue weighted by atomic mass is 32.1. The van der Waals surface area contributed by atoms with Crippen LogP contribution in [0.15, 0.2) is 29.6 Å². The fraction of sp³-hybridized carbons (Fsp3) is 0.111. The molecule has 0 bridgehead atoms. The molecule has 5 nitrogen and oxygen atoms in total. The second-order valence-electron chi connectivity index (χ2n) is 2.91. The lowest BCUT2D eigenvalue weighted by molar-refractivity contribution is 0.821. The summed E-state index contributed by atoms with van der Waals surface area (Å²) in [6.45, 7) is 1.83. The SMILES string of the molecule is Cc1n[nH]c(=S)n1/N=C\c1ccncc1. The Hall–Kier alpha value is -1.82. The molecule has 0 aliphatic heterocycles. The summed E-state index contributed by atoms with van der Waals surface area (Å²) in [5.41, 5.74) is 0.965. The number of hydrogen-bond acceptors (Lipinski definition) is 4. The summed E-state index contributed by atoms with van der Waals surface area (Å²) in [5.74, 6) is 0.727. The van der Waals surface area contributed by atoms with Gasteiger partial charge in [-0.25, -0.2) is 0 Å². The molecule has 0 radical (unpaired) electrons. The summed E-state index contributed by atoms with van der Waals surface area (Å²) in [5, 5.41) is 10.8. The maximum atomic E-state index is 5.01. The third-order valence-electron chi connectivity index (χ3n) is 1.84. The maximum absolute atomic E-state index is 5.01. The van der Waals surface area contributed by atoms with E-state index < -0.39 is 0 Å². The van der Waals surface area contributed by atoms with Crippen LogP contribution >= 0.6 is 12.2 Å². The van der Waals surface area contributed by atoms with Gasteiger partial charge in [0.15, 0.2) is 0 Å². The number of aromatic amines is 1. The molecule has 2 aromatic heterocycles. The smallest absolute Gasteiger partial charge is 0.216 e. The van der Waals surface area contributed by atoms with Crippen molar-refractivity contribution in [3.05, 3.63) is 40.7 Å². The van der Waals surface area contributed by atoms with Gasteiger partial charge in [0.1, 0.15) is 5.82 Å². The molecule has 2 aromatic rings. The molecule has 0 amide bonds. The fourth-order valence-electron chi connectivity index (χ4n) is 1.08. The van der Waals surface area contributed by atoms with E-state index in [-0.39, 0.29) is 0 Å². The Labute approximate surface area is 91.5 Å². The summed E-state index contributed by atoms with van der Waals surface area (Å²) >= 11 is 5.01. The van der Waals surface area contributed by atoms with Gasteiger partial charge in [-0.2, -0.15) is 14.9 Å². The van der Waals surface area contributed by atoms with Gasteiger partial charge >= 0.3 is 0 Å². The predicted molar refractivity (Wildman–Crippen MR) is 59.4 cm³/mol. The van der Waals surface area contributed by atoms with Crippen molar-refractivity contribution in [2.45, 2.75) is 6.92 Å². The van der Waals surface area contributed by atoms with Crippen molar-refractivity contribution in [2.75, 3.05) is 0 Å². The molecular formula is C9H9N5S. The zero-order valence-electron chi connectivity index (χ0n) is 8.08. The number of rotatable bonds is 2. The largest absolute Gasteiger partial charge is 0.265 e. The highest BCUT2D eigenvalue weighted by molar-refractivity contribution is 7.71. The topological polar surface area (TPSA) is 58.9 Å². The van der Waals surface area contributed by atoms with Crippen LogP contribution in [0.5, 0.6) is 0 Å². The molecule has 0 saturated carbocycles. The van der Waals surface area contributed by atoms with E-state index in [0.717, 1.165) is 11.4 Å². The summed E-state index contributed by atoms with van der Waals surface area (Å²) in [7, 11) is 0. The molecule has 0 aliphatic rings. The molecule has 0 fully saturated rings. The first-order valence-corrected chi connectivity index (χ1v) is 4.76. The normalized spacial score (nSPS) is 11.0. The Balaban J connectivity index is 2.30. The van der Waals surface area contributed by atoms with Crippen molar-refractivity contribution in [2.24, 2.45) is 5.10 Å². The molecule has 0 aliphatic carbocycles. The molecular weight excluding hydrogens is 210 g/mol. The highest BCUT2D eigenvalue weighted by Crippen LogP contribution is 1.96. The number of pyridine rings is 1. The second-order valence-corrected chi connectivity index (χ2v) is 3.30. The first-order chi connectivity index (χ1) is 7.27. The number of nitrogens with one attached hydrogen (secondary N) is 1. The molecule has 0 atom stereocenters. The van der Waals surface area contributed by atoms with E-state index in [9.17, 15) is 0 Å². The van der Waals surface area contributed by atoms with Gasteiger partial charge < -0.3 is 0 Å². The minimum Gasteiger partial charge on any atom is -0.265 e. The van der Waals surface area contributed by atoms with E-state index in [1.807, 2.05) is 19.1 Å². The lowest BCUT2D eigenvalue weighted by Gasteiger charge is -1.93. The molecule has 1 N–H and O–H groups in total. The van der Waals surface area contributed by atoms with Gasteiger partial charge in [-0.15, -0.1) is 0 Å². The lowest BCUT2D eigenvalue weighted by Crippen LogP contribution is -1.93. The Bertz CT molecular complexity index is 525. The van der Waals surface area contributed by atoms with E-state index in [1.165, 1.54) is 0 Å². The van der Waals surface area contributed by atoms with Gasteiger partial charge in [0.2, 0.25) is 4.77 Å². The maximum Gasteiger partial charge on any atom is 0.216 e. The van der Waals surface area contributed by atoms with Crippen molar-refractivity contribution in [1.82, 2.24) is 19.9 Å². The lowest BCUT2D eigenvalue weighted by atomic mass is 10.3. The van der Waals surface area contributed by atoms with Gasteiger partial charge in [-0.05, 0) is 36.8 Å². The van der Waals surface area contributed by atoms with E-state index in [4.69, 9.17) is 12.2 Å². The highest BCUT2D eigenvalue weighted by Gasteiger charge is 1.96. The molecule has 0 unspecified atom stereocenters. The molecule has 2 rings (SSSR count). The van der Waals surface area contributed by atoms with Crippen molar-refractivity contribution in [3.63, 3.8) is 0 Å². The number of hydrogen-bond donors (Lipinski definition) is 1. The summed E-state index contributed by atoms with van der Waals surface area (Å²) in [4.78, 5) is 3.92. The van der Waals surface area contributed by atoms with Gasteiger partial charge in [0, 0.05) is 12.4 Å². The molecule has 6 heteroatoms. The third kappa shape index (κ3) is 2.16. The Kier molecular flexibility index (Phi) is 2.68. The second kappa shape index (κ2) is 4.14. The van der Waals surface area contributed by atoms with Crippen LogP contribution in [0.1, 0.15) is 11.4 Å². The molecule has 76 valence electrons. The van der Waals surface area contributed by atoms with Crippen LogP contribution < -0.4 is 0 Å². The summed E-state index contributed by atoms with van der Waals surface area (Å²) in [6, 6.07) is 3.73. The van der Waals surface area contributed by atoms with Crippen LogP contribution in [0.3, 0.4) is 0 Å².